The summed E-state index contributed by atoms with van der Waals surface area (Å²) in [6, 6.07) is 0. The fourth-order valence-corrected chi connectivity index (χ4v) is 2.33. The Kier molecular flexibility index (Phi) is 3.14. The Morgan fingerprint density at radius 2 is 2.44 bits per heavy atom. The van der Waals surface area contributed by atoms with Crippen LogP contribution in [0.15, 0.2) is 6.20 Å². The van der Waals surface area contributed by atoms with E-state index in [-0.39, 0.29) is 18.2 Å². The third-order valence-corrected chi connectivity index (χ3v) is 3.26. The predicted octanol–water partition coefficient (Wildman–Crippen LogP) is 0.475. The predicted molar refractivity (Wildman–Crippen MR) is 56.2 cm³/mol. The summed E-state index contributed by atoms with van der Waals surface area (Å²) in [6.45, 7) is 1.14. The lowest BCUT2D eigenvalue weighted by atomic mass is 10.1. The molecule has 0 spiro atoms. The third-order valence-electron chi connectivity index (χ3n) is 2.61. The molecule has 0 aromatic carbocycles. The summed E-state index contributed by atoms with van der Waals surface area (Å²) in [5, 5.41) is 12.3. The molecular weight excluding hydrogens is 230 g/mol. The molecule has 1 aromatic rings. The van der Waals surface area contributed by atoms with E-state index in [4.69, 9.17) is 5.11 Å². The minimum absolute atomic E-state index is 0.0716. The molecule has 0 bridgehead atoms. The summed E-state index contributed by atoms with van der Waals surface area (Å²) in [7, 11) is 0. The summed E-state index contributed by atoms with van der Waals surface area (Å²) >= 11 is 1.06. The number of hydrogen-bond acceptors (Lipinski definition) is 5. The minimum atomic E-state index is -0.807. The maximum absolute atomic E-state index is 11.8. The molecule has 1 fully saturated rings. The second kappa shape index (κ2) is 4.56. The van der Waals surface area contributed by atoms with Crippen molar-refractivity contribution in [2.24, 2.45) is 5.92 Å². The molecule has 1 unspecified atom stereocenters. The summed E-state index contributed by atoms with van der Waals surface area (Å²) in [6.07, 6.45) is 2.33. The van der Waals surface area contributed by atoms with E-state index in [9.17, 15) is 9.59 Å². The van der Waals surface area contributed by atoms with Gasteiger partial charge in [0.2, 0.25) is 0 Å². The van der Waals surface area contributed by atoms with E-state index >= 15 is 0 Å². The topological polar surface area (TPSA) is 83.4 Å². The van der Waals surface area contributed by atoms with E-state index in [1.165, 1.54) is 6.20 Å². The summed E-state index contributed by atoms with van der Waals surface area (Å²) in [5.74, 6) is -0.830. The Hall–Kier alpha value is -1.50. The van der Waals surface area contributed by atoms with Gasteiger partial charge < -0.3 is 10.0 Å². The largest absolute Gasteiger partial charge is 0.481 e. The Labute approximate surface area is 96.0 Å². The zero-order valence-corrected chi connectivity index (χ0v) is 9.31. The normalized spacial score (nSPS) is 20.0. The molecule has 1 saturated heterocycles. The van der Waals surface area contributed by atoms with Crippen molar-refractivity contribution < 1.29 is 14.7 Å². The standard InChI is InChI=1S/C9H11N3O3S/c13-8(14)3-6-1-2-12(5-6)9(15)7-4-10-11-16-7/h4,6H,1-3,5H2,(H,13,14). The first-order valence-electron chi connectivity index (χ1n) is 4.95. The molecule has 2 heterocycles. The number of carbonyl (C=O) groups is 2. The number of aliphatic carboxylic acids is 1. The average Bonchev–Trinajstić information content (AvgIpc) is 2.84. The van der Waals surface area contributed by atoms with Crippen molar-refractivity contribution in [1.29, 1.82) is 0 Å². The van der Waals surface area contributed by atoms with Gasteiger partial charge in [-0.15, -0.1) is 5.10 Å². The summed E-state index contributed by atoms with van der Waals surface area (Å²) < 4.78 is 3.63. The highest BCUT2D eigenvalue weighted by Gasteiger charge is 2.29. The first kappa shape index (κ1) is 11.0. The van der Waals surface area contributed by atoms with Crippen LogP contribution < -0.4 is 0 Å². The first-order chi connectivity index (χ1) is 7.66. The van der Waals surface area contributed by atoms with Crippen LogP contribution in [0.5, 0.6) is 0 Å². The highest BCUT2D eigenvalue weighted by atomic mass is 32.1. The molecular formula is C9H11N3O3S. The van der Waals surface area contributed by atoms with Gasteiger partial charge in [0.25, 0.3) is 5.91 Å². The number of rotatable bonds is 3. The smallest absolute Gasteiger partial charge is 0.303 e. The summed E-state index contributed by atoms with van der Waals surface area (Å²) in [5.41, 5.74) is 0. The molecule has 6 nitrogen and oxygen atoms in total. The van der Waals surface area contributed by atoms with Gasteiger partial charge in [-0.1, -0.05) is 4.49 Å². The zero-order valence-electron chi connectivity index (χ0n) is 8.50. The quantitative estimate of drug-likeness (QED) is 0.831. The van der Waals surface area contributed by atoms with Gasteiger partial charge in [0.05, 0.1) is 6.20 Å². The number of amides is 1. The van der Waals surface area contributed by atoms with Crippen LogP contribution in [0.3, 0.4) is 0 Å². The van der Waals surface area contributed by atoms with Crippen LogP contribution in [-0.2, 0) is 4.79 Å². The van der Waals surface area contributed by atoms with Crippen LogP contribution in [-0.4, -0.2) is 44.6 Å². The lowest BCUT2D eigenvalue weighted by Crippen LogP contribution is -2.28. The summed E-state index contributed by atoms with van der Waals surface area (Å²) in [4.78, 5) is 24.6. The van der Waals surface area contributed by atoms with Crippen molar-refractivity contribution in [2.75, 3.05) is 13.1 Å². The Morgan fingerprint density at radius 1 is 1.62 bits per heavy atom. The highest BCUT2D eigenvalue weighted by molar-refractivity contribution is 7.07. The lowest BCUT2D eigenvalue weighted by molar-refractivity contribution is -0.138. The molecule has 1 amide bonds. The van der Waals surface area contributed by atoms with Crippen molar-refractivity contribution in [3.05, 3.63) is 11.1 Å². The molecule has 0 saturated carbocycles. The van der Waals surface area contributed by atoms with Gasteiger partial charge >= 0.3 is 5.97 Å². The van der Waals surface area contributed by atoms with Crippen LogP contribution in [0.4, 0.5) is 0 Å². The lowest BCUT2D eigenvalue weighted by Gasteiger charge is -2.14. The molecule has 2 rings (SSSR count). The van der Waals surface area contributed by atoms with Crippen molar-refractivity contribution >= 4 is 23.4 Å². The van der Waals surface area contributed by atoms with Crippen LogP contribution in [0.2, 0.25) is 0 Å². The van der Waals surface area contributed by atoms with Gasteiger partial charge in [-0.3, -0.25) is 9.59 Å². The number of carboxylic acid groups (broad SMARTS) is 1. The first-order valence-corrected chi connectivity index (χ1v) is 5.72. The van der Waals surface area contributed by atoms with E-state index in [0.29, 0.717) is 18.0 Å². The van der Waals surface area contributed by atoms with Crippen LogP contribution in [0, 0.1) is 5.92 Å². The molecule has 1 atom stereocenters. The number of carboxylic acids is 1. The fraction of sp³-hybridized carbons (Fsp3) is 0.556. The van der Waals surface area contributed by atoms with Crippen molar-refractivity contribution in [3.63, 3.8) is 0 Å². The van der Waals surface area contributed by atoms with E-state index in [2.05, 4.69) is 9.59 Å². The molecule has 0 aliphatic carbocycles. The molecule has 86 valence electrons. The molecule has 1 aliphatic rings. The fourth-order valence-electron chi connectivity index (χ4n) is 1.85. The third kappa shape index (κ3) is 2.35. The Morgan fingerprint density at radius 3 is 3.06 bits per heavy atom. The Balaban J connectivity index is 1.94. The van der Waals surface area contributed by atoms with Gasteiger partial charge in [-0.25, -0.2) is 0 Å². The number of carbonyl (C=O) groups excluding carboxylic acids is 1. The van der Waals surface area contributed by atoms with Gasteiger partial charge in [0.15, 0.2) is 0 Å². The maximum Gasteiger partial charge on any atom is 0.303 e. The van der Waals surface area contributed by atoms with Crippen LogP contribution in [0.1, 0.15) is 22.5 Å². The van der Waals surface area contributed by atoms with Crippen molar-refractivity contribution in [2.45, 2.75) is 12.8 Å². The van der Waals surface area contributed by atoms with Crippen LogP contribution in [0.25, 0.3) is 0 Å². The molecule has 0 radical (unpaired) electrons. The highest BCUT2D eigenvalue weighted by Crippen LogP contribution is 2.21. The monoisotopic (exact) mass is 241 g/mol. The second-order valence-electron chi connectivity index (χ2n) is 3.79. The molecule has 16 heavy (non-hydrogen) atoms. The Bertz CT molecular complexity index is 393. The number of likely N-dealkylation sites (tertiary alicyclic amines) is 1. The second-order valence-corrected chi connectivity index (χ2v) is 4.57. The molecule has 7 heteroatoms. The van der Waals surface area contributed by atoms with Gasteiger partial charge in [-0.05, 0) is 23.9 Å². The SMILES string of the molecule is O=C(O)CC1CCN(C(=O)c2cnns2)C1. The van der Waals surface area contributed by atoms with Crippen molar-refractivity contribution in [1.82, 2.24) is 14.5 Å². The molecule has 1 N–H and O–H groups in total. The van der Waals surface area contributed by atoms with Gasteiger partial charge in [-0.2, -0.15) is 0 Å². The number of nitrogens with zero attached hydrogens (tertiary/aromatic N) is 3. The number of hydrogen-bond donors (Lipinski definition) is 1. The van der Waals surface area contributed by atoms with E-state index in [1.54, 1.807) is 4.90 Å². The minimum Gasteiger partial charge on any atom is -0.481 e. The molecule has 1 aromatic heterocycles. The van der Waals surface area contributed by atoms with E-state index in [1.807, 2.05) is 0 Å². The van der Waals surface area contributed by atoms with Gasteiger partial charge in [0.1, 0.15) is 4.88 Å². The average molecular weight is 241 g/mol. The maximum atomic E-state index is 11.8. The van der Waals surface area contributed by atoms with Crippen molar-refractivity contribution in [3.8, 4) is 0 Å². The zero-order chi connectivity index (χ0) is 11.5. The van der Waals surface area contributed by atoms with Gasteiger partial charge in [0, 0.05) is 19.5 Å². The van der Waals surface area contributed by atoms with Crippen LogP contribution >= 0.6 is 11.5 Å². The van der Waals surface area contributed by atoms with E-state index in [0.717, 1.165) is 18.0 Å². The molecule has 1 aliphatic heterocycles. The number of aromatic nitrogens is 2. The van der Waals surface area contributed by atoms with E-state index < -0.39 is 5.97 Å².